The van der Waals surface area contributed by atoms with E-state index in [1.165, 1.54) is 12.1 Å². The number of halogens is 2. The van der Waals surface area contributed by atoms with Crippen LogP contribution in [-0.4, -0.2) is 19.2 Å². The summed E-state index contributed by atoms with van der Waals surface area (Å²) in [6, 6.07) is 6.12. The lowest BCUT2D eigenvalue weighted by atomic mass is 10.2. The molecule has 17 heavy (non-hydrogen) atoms. The number of aryl methyl sites for hydroxylation is 1. The Morgan fingerprint density at radius 3 is 2.24 bits per heavy atom. The van der Waals surface area contributed by atoms with Gasteiger partial charge in [0.2, 0.25) is 0 Å². The van der Waals surface area contributed by atoms with Crippen LogP contribution in [0.3, 0.4) is 0 Å². The quantitative estimate of drug-likeness (QED) is 0.645. The highest BCUT2D eigenvalue weighted by Gasteiger charge is 2.17. The fraction of sp³-hybridized carbons (Fsp3) is 0.222. The number of benzene rings is 1. The molecule has 0 bridgehead atoms. The summed E-state index contributed by atoms with van der Waals surface area (Å²) in [5, 5.41) is 0. The van der Waals surface area contributed by atoms with Gasteiger partial charge >= 0.3 is 0 Å². The molecule has 0 radical (unpaired) electrons. The number of sulfonamides is 1. The van der Waals surface area contributed by atoms with Crippen molar-refractivity contribution in [2.45, 2.75) is 16.7 Å². The Balaban J connectivity index is 2.76. The zero-order chi connectivity index (χ0) is 13.1. The molecule has 0 unspecified atom stereocenters. The van der Waals surface area contributed by atoms with E-state index in [4.69, 9.17) is 23.2 Å². The summed E-state index contributed by atoms with van der Waals surface area (Å²) in [5.41, 5.74) is 2.82. The molecule has 1 amide bonds. The first-order chi connectivity index (χ1) is 7.83. The monoisotopic (exact) mass is 296 g/mol. The van der Waals surface area contributed by atoms with Gasteiger partial charge in [0.05, 0.1) is 4.90 Å². The minimum Gasteiger partial charge on any atom is -0.275 e. The number of hydrogen-bond donors (Lipinski definition) is 2. The molecule has 0 spiro atoms. The summed E-state index contributed by atoms with van der Waals surface area (Å²) < 4.78 is 23.3. The third kappa shape index (κ3) is 4.16. The van der Waals surface area contributed by atoms with Gasteiger partial charge in [-0.1, -0.05) is 40.9 Å². The lowest BCUT2D eigenvalue weighted by Gasteiger charge is -2.08. The van der Waals surface area contributed by atoms with Crippen molar-refractivity contribution in [1.29, 1.82) is 0 Å². The SMILES string of the molecule is Cc1ccc(S(=O)(=O)NNC(=O)C(Cl)Cl)cc1. The normalized spacial score (nSPS) is 11.5. The topological polar surface area (TPSA) is 75.3 Å². The Bertz CT molecular complexity index is 499. The predicted molar refractivity (Wildman–Crippen MR) is 65.1 cm³/mol. The van der Waals surface area contributed by atoms with E-state index in [-0.39, 0.29) is 4.90 Å². The Hall–Kier alpha value is -0.820. The second kappa shape index (κ2) is 5.68. The Morgan fingerprint density at radius 2 is 1.76 bits per heavy atom. The van der Waals surface area contributed by atoms with E-state index in [2.05, 4.69) is 0 Å². The smallest absolute Gasteiger partial charge is 0.268 e. The lowest BCUT2D eigenvalue weighted by molar-refractivity contribution is -0.119. The van der Waals surface area contributed by atoms with Gasteiger partial charge in [0, 0.05) is 0 Å². The number of hydrazine groups is 1. The maximum absolute atomic E-state index is 11.7. The summed E-state index contributed by atoms with van der Waals surface area (Å²) in [6.45, 7) is 1.83. The van der Waals surface area contributed by atoms with E-state index in [0.717, 1.165) is 5.56 Å². The molecule has 0 aliphatic rings. The fourth-order valence-electron chi connectivity index (χ4n) is 0.948. The molecular formula is C9H10Cl2N2O3S. The molecule has 0 heterocycles. The molecule has 1 aromatic rings. The van der Waals surface area contributed by atoms with E-state index in [1.54, 1.807) is 12.1 Å². The van der Waals surface area contributed by atoms with Gasteiger partial charge in [0.25, 0.3) is 15.9 Å². The highest BCUT2D eigenvalue weighted by Crippen LogP contribution is 2.09. The first kappa shape index (κ1) is 14.2. The van der Waals surface area contributed by atoms with Gasteiger partial charge in [-0.25, -0.2) is 8.42 Å². The summed E-state index contributed by atoms with van der Waals surface area (Å²) in [6.07, 6.45) is 0. The highest BCUT2D eigenvalue weighted by atomic mass is 35.5. The molecule has 0 aliphatic heterocycles. The molecular weight excluding hydrogens is 287 g/mol. The molecule has 0 atom stereocenters. The van der Waals surface area contributed by atoms with Crippen molar-refractivity contribution in [3.05, 3.63) is 29.8 Å². The van der Waals surface area contributed by atoms with Crippen LogP contribution in [0, 0.1) is 6.92 Å². The zero-order valence-corrected chi connectivity index (χ0v) is 11.1. The van der Waals surface area contributed by atoms with E-state index < -0.39 is 20.8 Å². The summed E-state index contributed by atoms with van der Waals surface area (Å²) in [4.78, 5) is 11.5. The Morgan fingerprint density at radius 1 is 1.24 bits per heavy atom. The van der Waals surface area contributed by atoms with E-state index >= 15 is 0 Å². The lowest BCUT2D eigenvalue weighted by Crippen LogP contribution is -2.43. The van der Waals surface area contributed by atoms with Crippen molar-refractivity contribution < 1.29 is 13.2 Å². The standard InChI is InChI=1S/C9H10Cl2N2O3S/c1-6-2-4-7(5-3-6)17(15,16)13-12-9(14)8(10)11/h2-5,8,13H,1H3,(H,12,14). The van der Waals surface area contributed by atoms with Gasteiger partial charge in [-0.3, -0.25) is 10.2 Å². The largest absolute Gasteiger partial charge is 0.275 e. The summed E-state index contributed by atoms with van der Waals surface area (Å²) >= 11 is 10.5. The molecule has 5 nitrogen and oxygen atoms in total. The number of carbonyl (C=O) groups is 1. The third-order valence-corrected chi connectivity index (χ3v) is 3.50. The van der Waals surface area contributed by atoms with E-state index in [9.17, 15) is 13.2 Å². The van der Waals surface area contributed by atoms with Gasteiger partial charge in [0.1, 0.15) is 0 Å². The van der Waals surface area contributed by atoms with Crippen LogP contribution in [0.5, 0.6) is 0 Å². The number of amides is 1. The summed E-state index contributed by atoms with van der Waals surface area (Å²) in [7, 11) is -3.80. The maximum atomic E-state index is 11.7. The van der Waals surface area contributed by atoms with Gasteiger partial charge in [-0.2, -0.15) is 0 Å². The van der Waals surface area contributed by atoms with Crippen LogP contribution in [0.1, 0.15) is 5.56 Å². The number of carbonyl (C=O) groups excluding carboxylic acids is 1. The Labute approximate surface area is 109 Å². The second-order valence-corrected chi connectivity index (χ2v) is 5.99. The highest BCUT2D eigenvalue weighted by molar-refractivity contribution is 7.89. The van der Waals surface area contributed by atoms with Crippen molar-refractivity contribution >= 4 is 39.1 Å². The van der Waals surface area contributed by atoms with E-state index in [0.29, 0.717) is 0 Å². The van der Waals surface area contributed by atoms with Gasteiger partial charge in [-0.15, -0.1) is 4.83 Å². The third-order valence-electron chi connectivity index (χ3n) is 1.84. The van der Waals surface area contributed by atoms with Crippen LogP contribution in [0.15, 0.2) is 29.2 Å². The van der Waals surface area contributed by atoms with Gasteiger partial charge < -0.3 is 0 Å². The number of nitrogens with one attached hydrogen (secondary N) is 2. The fourth-order valence-corrected chi connectivity index (χ4v) is 1.90. The number of rotatable bonds is 4. The molecule has 0 saturated carbocycles. The first-order valence-electron chi connectivity index (χ1n) is 4.49. The van der Waals surface area contributed by atoms with Crippen molar-refractivity contribution in [3.8, 4) is 0 Å². The van der Waals surface area contributed by atoms with Crippen LogP contribution >= 0.6 is 23.2 Å². The van der Waals surface area contributed by atoms with Crippen molar-refractivity contribution in [2.75, 3.05) is 0 Å². The molecule has 0 saturated heterocycles. The first-order valence-corrected chi connectivity index (χ1v) is 6.85. The summed E-state index contributed by atoms with van der Waals surface area (Å²) in [5.74, 6) is -0.843. The Kier molecular flexibility index (Phi) is 4.76. The molecule has 8 heteroatoms. The average Bonchev–Trinajstić information content (AvgIpc) is 2.26. The minimum atomic E-state index is -3.80. The maximum Gasteiger partial charge on any atom is 0.268 e. The molecule has 0 aliphatic carbocycles. The van der Waals surface area contributed by atoms with Crippen molar-refractivity contribution in [1.82, 2.24) is 10.3 Å². The van der Waals surface area contributed by atoms with Crippen LogP contribution in [0.2, 0.25) is 0 Å². The van der Waals surface area contributed by atoms with Crippen molar-refractivity contribution in [2.24, 2.45) is 0 Å². The molecule has 2 N–H and O–H groups in total. The molecule has 1 aromatic carbocycles. The average molecular weight is 297 g/mol. The molecule has 1 rings (SSSR count). The van der Waals surface area contributed by atoms with Crippen LogP contribution in [-0.2, 0) is 14.8 Å². The van der Waals surface area contributed by atoms with E-state index in [1.807, 2.05) is 17.2 Å². The number of hydrogen-bond acceptors (Lipinski definition) is 3. The van der Waals surface area contributed by atoms with Crippen LogP contribution < -0.4 is 10.3 Å². The van der Waals surface area contributed by atoms with Crippen LogP contribution in [0.25, 0.3) is 0 Å². The van der Waals surface area contributed by atoms with Gasteiger partial charge in [0.15, 0.2) is 4.84 Å². The molecule has 94 valence electrons. The predicted octanol–water partition coefficient (Wildman–Crippen LogP) is 1.11. The van der Waals surface area contributed by atoms with Crippen molar-refractivity contribution in [3.63, 3.8) is 0 Å². The zero-order valence-electron chi connectivity index (χ0n) is 8.78. The molecule has 0 fully saturated rings. The van der Waals surface area contributed by atoms with Crippen LogP contribution in [0.4, 0.5) is 0 Å². The number of alkyl halides is 2. The minimum absolute atomic E-state index is 0.0316. The van der Waals surface area contributed by atoms with Gasteiger partial charge in [-0.05, 0) is 19.1 Å². The second-order valence-electron chi connectivity index (χ2n) is 3.21. The molecule has 0 aromatic heterocycles.